The third-order valence-corrected chi connectivity index (χ3v) is 4.07. The molecule has 0 aliphatic carbocycles. The van der Waals surface area contributed by atoms with Crippen molar-refractivity contribution in [2.24, 2.45) is 5.73 Å². The first-order valence-electron chi connectivity index (χ1n) is 6.28. The highest BCUT2D eigenvalue weighted by Gasteiger charge is 2.03. The van der Waals surface area contributed by atoms with Crippen LogP contribution in [0.15, 0.2) is 47.4 Å². The van der Waals surface area contributed by atoms with Crippen LogP contribution in [-0.2, 0) is 12.3 Å². The van der Waals surface area contributed by atoms with Crippen molar-refractivity contribution >= 4 is 11.8 Å². The van der Waals surface area contributed by atoms with Crippen molar-refractivity contribution < 1.29 is 4.74 Å². The highest BCUT2D eigenvalue weighted by atomic mass is 32.2. The minimum absolute atomic E-state index is 0.506. The summed E-state index contributed by atoms with van der Waals surface area (Å²) in [5, 5.41) is 0. The molecule has 0 atom stereocenters. The Morgan fingerprint density at radius 3 is 2.47 bits per heavy atom. The van der Waals surface area contributed by atoms with Crippen LogP contribution in [0.4, 0.5) is 0 Å². The van der Waals surface area contributed by atoms with Gasteiger partial charge in [-0.2, -0.15) is 0 Å². The topological polar surface area (TPSA) is 35.2 Å². The highest BCUT2D eigenvalue weighted by molar-refractivity contribution is 7.98. The molecule has 0 radical (unpaired) electrons. The molecule has 0 heterocycles. The lowest BCUT2D eigenvalue weighted by Gasteiger charge is -2.09. The maximum absolute atomic E-state index is 5.73. The molecule has 0 bridgehead atoms. The Bertz CT molecular complexity index is 537. The van der Waals surface area contributed by atoms with Gasteiger partial charge in [0.2, 0.25) is 0 Å². The van der Waals surface area contributed by atoms with Gasteiger partial charge in [-0.3, -0.25) is 0 Å². The average molecular weight is 273 g/mol. The lowest BCUT2D eigenvalue weighted by atomic mass is 10.1. The number of rotatable bonds is 5. The molecule has 2 rings (SSSR count). The van der Waals surface area contributed by atoms with Gasteiger partial charge in [-0.15, -0.1) is 11.8 Å². The number of hydrogen-bond donors (Lipinski definition) is 1. The van der Waals surface area contributed by atoms with Crippen LogP contribution >= 0.6 is 11.8 Å². The van der Waals surface area contributed by atoms with Crippen molar-refractivity contribution in [3.05, 3.63) is 59.2 Å². The summed E-state index contributed by atoms with van der Waals surface area (Å²) < 4.78 is 5.28. The van der Waals surface area contributed by atoms with Crippen LogP contribution in [-0.4, -0.2) is 7.11 Å². The second kappa shape index (κ2) is 6.64. The molecule has 0 aliphatic rings. The summed E-state index contributed by atoms with van der Waals surface area (Å²) in [5.74, 6) is 1.81. The quantitative estimate of drug-likeness (QED) is 0.843. The summed E-state index contributed by atoms with van der Waals surface area (Å²) >= 11 is 1.83. The highest BCUT2D eigenvalue weighted by Crippen LogP contribution is 2.26. The lowest BCUT2D eigenvalue weighted by molar-refractivity contribution is 0.409. The first-order chi connectivity index (χ1) is 9.22. The van der Waals surface area contributed by atoms with E-state index in [1.165, 1.54) is 16.0 Å². The molecule has 0 aromatic heterocycles. The Balaban J connectivity index is 2.05. The maximum atomic E-state index is 5.73. The maximum Gasteiger partial charge on any atom is 0.123 e. The fourth-order valence-electron chi connectivity index (χ4n) is 1.88. The van der Waals surface area contributed by atoms with Gasteiger partial charge >= 0.3 is 0 Å². The van der Waals surface area contributed by atoms with Crippen molar-refractivity contribution in [1.82, 2.24) is 0 Å². The molecule has 0 amide bonds. The standard InChI is InChI=1S/C16H19NOS/c1-12-3-6-15(7-4-12)19-11-13-5-8-16(18-2)14(9-13)10-17/h3-9H,10-11,17H2,1-2H3. The molecule has 0 unspecified atom stereocenters. The molecule has 0 saturated carbocycles. The minimum atomic E-state index is 0.506. The predicted molar refractivity (Wildman–Crippen MR) is 81.6 cm³/mol. The molecule has 100 valence electrons. The van der Waals surface area contributed by atoms with Crippen LogP contribution in [0.3, 0.4) is 0 Å². The van der Waals surface area contributed by atoms with E-state index < -0.39 is 0 Å². The zero-order valence-corrected chi connectivity index (χ0v) is 12.2. The van der Waals surface area contributed by atoms with Crippen molar-refractivity contribution in [2.75, 3.05) is 7.11 Å². The minimum Gasteiger partial charge on any atom is -0.496 e. The van der Waals surface area contributed by atoms with Crippen LogP contribution in [0.1, 0.15) is 16.7 Å². The molecular weight excluding hydrogens is 254 g/mol. The summed E-state index contributed by atoms with van der Waals surface area (Å²) in [6, 6.07) is 14.8. The Morgan fingerprint density at radius 2 is 1.84 bits per heavy atom. The number of methoxy groups -OCH3 is 1. The lowest BCUT2D eigenvalue weighted by Crippen LogP contribution is -2.00. The molecule has 2 aromatic carbocycles. The van der Waals surface area contributed by atoms with Gasteiger partial charge in [-0.1, -0.05) is 23.8 Å². The number of ether oxygens (including phenoxy) is 1. The number of benzene rings is 2. The monoisotopic (exact) mass is 273 g/mol. The van der Waals surface area contributed by atoms with E-state index in [0.717, 1.165) is 17.1 Å². The summed E-state index contributed by atoms with van der Waals surface area (Å²) in [6.07, 6.45) is 0. The van der Waals surface area contributed by atoms with E-state index in [9.17, 15) is 0 Å². The van der Waals surface area contributed by atoms with Gasteiger partial charge in [0.25, 0.3) is 0 Å². The van der Waals surface area contributed by atoms with Crippen LogP contribution < -0.4 is 10.5 Å². The van der Waals surface area contributed by atoms with Gasteiger partial charge in [0.05, 0.1) is 7.11 Å². The largest absolute Gasteiger partial charge is 0.496 e. The number of aryl methyl sites for hydroxylation is 1. The van der Waals surface area contributed by atoms with Crippen LogP contribution in [0, 0.1) is 6.92 Å². The van der Waals surface area contributed by atoms with E-state index in [1.54, 1.807) is 7.11 Å². The molecule has 0 fully saturated rings. The van der Waals surface area contributed by atoms with E-state index in [0.29, 0.717) is 6.54 Å². The molecule has 19 heavy (non-hydrogen) atoms. The van der Waals surface area contributed by atoms with Gasteiger partial charge in [-0.05, 0) is 36.8 Å². The van der Waals surface area contributed by atoms with Crippen LogP contribution in [0.5, 0.6) is 5.75 Å². The Labute approximate surface area is 119 Å². The molecule has 0 aliphatic heterocycles. The van der Waals surface area contributed by atoms with Gasteiger partial charge < -0.3 is 10.5 Å². The van der Waals surface area contributed by atoms with E-state index in [1.807, 2.05) is 17.8 Å². The Morgan fingerprint density at radius 1 is 1.11 bits per heavy atom. The third-order valence-electron chi connectivity index (χ3n) is 2.99. The Hall–Kier alpha value is -1.45. The number of hydrogen-bond acceptors (Lipinski definition) is 3. The number of thioether (sulfide) groups is 1. The van der Waals surface area contributed by atoms with Crippen molar-refractivity contribution in [2.45, 2.75) is 24.1 Å². The Kier molecular flexibility index (Phi) is 4.88. The van der Waals surface area contributed by atoms with Gasteiger partial charge in [0.15, 0.2) is 0 Å². The number of nitrogens with two attached hydrogens (primary N) is 1. The van der Waals surface area contributed by atoms with E-state index in [4.69, 9.17) is 10.5 Å². The molecule has 2 aromatic rings. The van der Waals surface area contributed by atoms with Gasteiger partial charge in [0.1, 0.15) is 5.75 Å². The van der Waals surface area contributed by atoms with Crippen LogP contribution in [0.25, 0.3) is 0 Å². The van der Waals surface area contributed by atoms with Gasteiger partial charge in [-0.25, -0.2) is 0 Å². The van der Waals surface area contributed by atoms with E-state index in [2.05, 4.69) is 43.3 Å². The molecule has 2 N–H and O–H groups in total. The fourth-order valence-corrected chi connectivity index (χ4v) is 2.72. The fraction of sp³-hybridized carbons (Fsp3) is 0.250. The third kappa shape index (κ3) is 3.75. The first-order valence-corrected chi connectivity index (χ1v) is 7.27. The van der Waals surface area contributed by atoms with Crippen molar-refractivity contribution in [1.29, 1.82) is 0 Å². The molecule has 0 spiro atoms. The molecule has 2 nitrogen and oxygen atoms in total. The molecule has 0 saturated heterocycles. The summed E-state index contributed by atoms with van der Waals surface area (Å²) in [6.45, 7) is 2.61. The molecular formula is C16H19NOS. The average Bonchev–Trinajstić information content (AvgIpc) is 2.46. The smallest absolute Gasteiger partial charge is 0.123 e. The summed E-state index contributed by atoms with van der Waals surface area (Å²) in [5.41, 5.74) is 9.35. The first kappa shape index (κ1) is 14.0. The SMILES string of the molecule is COc1ccc(CSc2ccc(C)cc2)cc1CN. The zero-order chi connectivity index (χ0) is 13.7. The van der Waals surface area contributed by atoms with Crippen molar-refractivity contribution in [3.8, 4) is 5.75 Å². The molecule has 3 heteroatoms. The second-order valence-electron chi connectivity index (χ2n) is 4.45. The summed E-state index contributed by atoms with van der Waals surface area (Å²) in [7, 11) is 1.68. The van der Waals surface area contributed by atoms with Crippen LogP contribution in [0.2, 0.25) is 0 Å². The van der Waals surface area contributed by atoms with Gasteiger partial charge in [0, 0.05) is 22.8 Å². The second-order valence-corrected chi connectivity index (χ2v) is 5.50. The predicted octanol–water partition coefficient (Wildman–Crippen LogP) is 3.75. The van der Waals surface area contributed by atoms with Crippen molar-refractivity contribution in [3.63, 3.8) is 0 Å². The summed E-state index contributed by atoms with van der Waals surface area (Å²) in [4.78, 5) is 1.29. The normalized spacial score (nSPS) is 10.5. The zero-order valence-electron chi connectivity index (χ0n) is 11.3. The van der Waals surface area contributed by atoms with E-state index in [-0.39, 0.29) is 0 Å². The van der Waals surface area contributed by atoms with E-state index >= 15 is 0 Å².